The van der Waals surface area contributed by atoms with Crippen LogP contribution in [0.4, 0.5) is 5.82 Å². The summed E-state index contributed by atoms with van der Waals surface area (Å²) >= 11 is 6.00. The van der Waals surface area contributed by atoms with Crippen LogP contribution in [0.3, 0.4) is 0 Å². The third-order valence-corrected chi connectivity index (χ3v) is 3.36. The minimum Gasteiger partial charge on any atom is -0.361 e. The first kappa shape index (κ1) is 14.5. The van der Waals surface area contributed by atoms with Gasteiger partial charge in [0.05, 0.1) is 12.6 Å². The fourth-order valence-corrected chi connectivity index (χ4v) is 2.44. The van der Waals surface area contributed by atoms with Crippen molar-refractivity contribution in [1.82, 2.24) is 24.7 Å². The Morgan fingerprint density at radius 3 is 2.73 bits per heavy atom. The molecule has 7 heteroatoms. The average Bonchev–Trinajstić information content (AvgIpc) is 2.99. The lowest BCUT2D eigenvalue weighted by molar-refractivity contribution is 0.548. The zero-order chi connectivity index (χ0) is 15.4. The second kappa shape index (κ2) is 6.53. The second-order valence-corrected chi connectivity index (χ2v) is 5.24. The molecule has 0 saturated heterocycles. The van der Waals surface area contributed by atoms with Gasteiger partial charge in [-0.05, 0) is 12.5 Å². The number of aromatic nitrogens is 5. The highest BCUT2D eigenvalue weighted by Crippen LogP contribution is 2.21. The molecule has 0 saturated carbocycles. The molecule has 6 nitrogen and oxygen atoms in total. The number of benzene rings is 1. The Morgan fingerprint density at radius 2 is 2.05 bits per heavy atom. The molecule has 112 valence electrons. The van der Waals surface area contributed by atoms with Gasteiger partial charge in [-0.15, -0.1) is 0 Å². The van der Waals surface area contributed by atoms with Gasteiger partial charge in [0.2, 0.25) is 0 Å². The highest BCUT2D eigenvalue weighted by Gasteiger charge is 2.14. The van der Waals surface area contributed by atoms with E-state index in [1.54, 1.807) is 17.1 Å². The van der Waals surface area contributed by atoms with Gasteiger partial charge in [0.1, 0.15) is 29.5 Å². The Labute approximate surface area is 133 Å². The lowest BCUT2D eigenvalue weighted by atomic mass is 10.1. The van der Waals surface area contributed by atoms with Gasteiger partial charge in [0.15, 0.2) is 0 Å². The summed E-state index contributed by atoms with van der Waals surface area (Å²) in [6.45, 7) is 2.44. The van der Waals surface area contributed by atoms with Crippen molar-refractivity contribution in [3.05, 3.63) is 65.6 Å². The second-order valence-electron chi connectivity index (χ2n) is 4.85. The molecule has 2 aromatic heterocycles. The minimum absolute atomic E-state index is 0.00623. The number of nitrogens with zero attached hydrogens (tertiary/aromatic N) is 5. The van der Waals surface area contributed by atoms with Crippen LogP contribution < -0.4 is 5.32 Å². The number of halogens is 1. The lowest BCUT2D eigenvalue weighted by Gasteiger charge is -2.20. The standard InChI is InChI=1S/C15H15ClN6/c1-11-19-14(16)7-15(20-11)21-13(8-22-10-17-9-18-22)12-5-3-2-4-6-12/h2-7,9-10,13H,8H2,1H3,(H,19,20,21)/t13-/m0/s1. The van der Waals surface area contributed by atoms with Gasteiger partial charge in [0, 0.05) is 6.07 Å². The molecule has 0 aliphatic rings. The summed E-state index contributed by atoms with van der Waals surface area (Å²) in [5.74, 6) is 1.31. The minimum atomic E-state index is -0.00623. The smallest absolute Gasteiger partial charge is 0.137 e. The predicted molar refractivity (Wildman–Crippen MR) is 84.6 cm³/mol. The summed E-state index contributed by atoms with van der Waals surface area (Å²) in [4.78, 5) is 12.4. The van der Waals surface area contributed by atoms with E-state index in [2.05, 4.69) is 37.5 Å². The van der Waals surface area contributed by atoms with E-state index in [4.69, 9.17) is 11.6 Å². The number of anilines is 1. The maximum absolute atomic E-state index is 6.00. The summed E-state index contributed by atoms with van der Waals surface area (Å²) in [7, 11) is 0. The fourth-order valence-electron chi connectivity index (χ4n) is 2.22. The van der Waals surface area contributed by atoms with Crippen molar-refractivity contribution in [2.75, 3.05) is 5.32 Å². The van der Waals surface area contributed by atoms with Crippen LogP contribution in [-0.4, -0.2) is 24.7 Å². The van der Waals surface area contributed by atoms with E-state index < -0.39 is 0 Å². The third kappa shape index (κ3) is 3.59. The van der Waals surface area contributed by atoms with Crippen LogP contribution in [0.15, 0.2) is 49.1 Å². The van der Waals surface area contributed by atoms with Crippen LogP contribution in [-0.2, 0) is 6.54 Å². The average molecular weight is 315 g/mol. The Kier molecular flexibility index (Phi) is 4.29. The third-order valence-electron chi connectivity index (χ3n) is 3.17. The molecule has 0 unspecified atom stereocenters. The highest BCUT2D eigenvalue weighted by molar-refractivity contribution is 6.29. The molecular weight excluding hydrogens is 300 g/mol. The van der Waals surface area contributed by atoms with Gasteiger partial charge in [0.25, 0.3) is 0 Å². The van der Waals surface area contributed by atoms with Crippen LogP contribution in [0.25, 0.3) is 0 Å². The van der Waals surface area contributed by atoms with Gasteiger partial charge < -0.3 is 5.32 Å². The van der Waals surface area contributed by atoms with Crippen molar-refractivity contribution in [2.45, 2.75) is 19.5 Å². The Balaban J connectivity index is 1.88. The Bertz CT molecular complexity index is 709. The molecule has 0 spiro atoms. The normalized spacial score (nSPS) is 12.1. The number of aryl methyl sites for hydroxylation is 1. The zero-order valence-electron chi connectivity index (χ0n) is 12.0. The summed E-state index contributed by atoms with van der Waals surface area (Å²) in [6, 6.07) is 11.8. The van der Waals surface area contributed by atoms with Gasteiger partial charge in [-0.3, -0.25) is 4.68 Å². The number of rotatable bonds is 5. The SMILES string of the molecule is Cc1nc(Cl)cc(N[C@@H](Cn2cncn2)c2ccccc2)n1. The lowest BCUT2D eigenvalue weighted by Crippen LogP contribution is -2.19. The Morgan fingerprint density at radius 1 is 1.23 bits per heavy atom. The van der Waals surface area contributed by atoms with Crippen molar-refractivity contribution in [2.24, 2.45) is 0 Å². The molecule has 3 aromatic rings. The molecule has 1 N–H and O–H groups in total. The van der Waals surface area contributed by atoms with Crippen molar-refractivity contribution in [3.63, 3.8) is 0 Å². The summed E-state index contributed by atoms with van der Waals surface area (Å²) in [5, 5.41) is 7.98. The largest absolute Gasteiger partial charge is 0.361 e. The van der Waals surface area contributed by atoms with Crippen LogP contribution in [0.1, 0.15) is 17.4 Å². The topological polar surface area (TPSA) is 68.5 Å². The van der Waals surface area contributed by atoms with Crippen molar-refractivity contribution < 1.29 is 0 Å². The van der Waals surface area contributed by atoms with E-state index in [9.17, 15) is 0 Å². The van der Waals surface area contributed by atoms with E-state index in [0.717, 1.165) is 5.56 Å². The fraction of sp³-hybridized carbons (Fsp3) is 0.200. The van der Waals surface area contributed by atoms with E-state index in [0.29, 0.717) is 23.3 Å². The summed E-state index contributed by atoms with van der Waals surface area (Å²) < 4.78 is 1.78. The van der Waals surface area contributed by atoms with E-state index in [1.165, 1.54) is 6.33 Å². The van der Waals surface area contributed by atoms with Crippen molar-refractivity contribution in [1.29, 1.82) is 0 Å². The molecule has 2 heterocycles. The molecule has 22 heavy (non-hydrogen) atoms. The molecule has 3 rings (SSSR count). The number of nitrogens with one attached hydrogen (secondary N) is 1. The molecule has 1 aromatic carbocycles. The molecule has 0 bridgehead atoms. The van der Waals surface area contributed by atoms with Crippen LogP contribution in [0, 0.1) is 6.92 Å². The highest BCUT2D eigenvalue weighted by atomic mass is 35.5. The molecule has 0 fully saturated rings. The molecule has 1 atom stereocenters. The molecule has 0 aliphatic heterocycles. The predicted octanol–water partition coefficient (Wildman–Crippen LogP) is 2.88. The molecular formula is C15H15ClN6. The maximum atomic E-state index is 6.00. The monoisotopic (exact) mass is 314 g/mol. The molecule has 0 radical (unpaired) electrons. The van der Waals surface area contributed by atoms with Crippen molar-refractivity contribution >= 4 is 17.4 Å². The van der Waals surface area contributed by atoms with Crippen LogP contribution >= 0.6 is 11.6 Å². The van der Waals surface area contributed by atoms with Crippen LogP contribution in [0.2, 0.25) is 5.15 Å². The van der Waals surface area contributed by atoms with E-state index in [-0.39, 0.29) is 6.04 Å². The summed E-state index contributed by atoms with van der Waals surface area (Å²) in [5.41, 5.74) is 1.13. The first-order chi connectivity index (χ1) is 10.7. The van der Waals surface area contributed by atoms with Crippen molar-refractivity contribution in [3.8, 4) is 0 Å². The van der Waals surface area contributed by atoms with Gasteiger partial charge in [-0.1, -0.05) is 41.9 Å². The van der Waals surface area contributed by atoms with E-state index in [1.807, 2.05) is 25.1 Å². The number of hydrogen-bond acceptors (Lipinski definition) is 5. The quantitative estimate of drug-likeness (QED) is 0.733. The summed E-state index contributed by atoms with van der Waals surface area (Å²) in [6.07, 6.45) is 3.21. The first-order valence-electron chi connectivity index (χ1n) is 6.86. The van der Waals surface area contributed by atoms with Gasteiger partial charge in [-0.2, -0.15) is 5.10 Å². The zero-order valence-corrected chi connectivity index (χ0v) is 12.8. The van der Waals surface area contributed by atoms with E-state index >= 15 is 0 Å². The molecule has 0 amide bonds. The molecule has 0 aliphatic carbocycles. The van der Waals surface area contributed by atoms with Crippen LogP contribution in [0.5, 0.6) is 0 Å². The number of hydrogen-bond donors (Lipinski definition) is 1. The van der Waals surface area contributed by atoms with Gasteiger partial charge >= 0.3 is 0 Å². The first-order valence-corrected chi connectivity index (χ1v) is 7.23. The van der Waals surface area contributed by atoms with Gasteiger partial charge in [-0.25, -0.2) is 15.0 Å². The maximum Gasteiger partial charge on any atom is 0.137 e. The Hall–Kier alpha value is -2.47.